The molecule has 1 aliphatic carbocycles. The first-order valence-corrected chi connectivity index (χ1v) is 7.20. The van der Waals surface area contributed by atoms with Gasteiger partial charge in [0.1, 0.15) is 0 Å². The van der Waals surface area contributed by atoms with Crippen molar-refractivity contribution < 1.29 is 4.79 Å². The number of amides is 1. The highest BCUT2D eigenvalue weighted by atomic mass is 16.2. The second kappa shape index (κ2) is 4.91. The lowest BCUT2D eigenvalue weighted by molar-refractivity contribution is 0.0897. The van der Waals surface area contributed by atoms with E-state index < -0.39 is 0 Å². The van der Waals surface area contributed by atoms with Crippen LogP contribution in [-0.2, 0) is 0 Å². The molecule has 0 atom stereocenters. The van der Waals surface area contributed by atoms with Gasteiger partial charge in [0.2, 0.25) is 0 Å². The highest BCUT2D eigenvalue weighted by Crippen LogP contribution is 2.39. The van der Waals surface area contributed by atoms with Crippen LogP contribution in [0, 0.1) is 5.92 Å². The zero-order valence-electron chi connectivity index (χ0n) is 12.3. The largest absolute Gasteiger partial charge is 0.399 e. The highest BCUT2D eigenvalue weighted by molar-refractivity contribution is 5.92. The normalized spacial score (nSPS) is 15.0. The third kappa shape index (κ3) is 2.91. The summed E-state index contributed by atoms with van der Waals surface area (Å²) in [4.78, 5) is 12.3. The SMILES string of the molecule is CC(C)(NC(=O)c1ccn(-c2ccc(N)cc2)n1)C1CC1. The molecule has 5 nitrogen and oxygen atoms in total. The smallest absolute Gasteiger partial charge is 0.272 e. The summed E-state index contributed by atoms with van der Waals surface area (Å²) in [5, 5.41) is 7.41. The van der Waals surface area contributed by atoms with Crippen molar-refractivity contribution in [3.05, 3.63) is 42.2 Å². The van der Waals surface area contributed by atoms with Crippen LogP contribution in [0.3, 0.4) is 0 Å². The first kappa shape index (κ1) is 13.7. The third-order valence-electron chi connectivity index (χ3n) is 4.01. The number of nitrogens with two attached hydrogens (primary N) is 1. The molecule has 1 amide bonds. The van der Waals surface area contributed by atoms with Crippen LogP contribution >= 0.6 is 0 Å². The Balaban J connectivity index is 1.75. The molecule has 1 heterocycles. The van der Waals surface area contributed by atoms with Gasteiger partial charge in [0, 0.05) is 17.4 Å². The molecular weight excluding hydrogens is 264 g/mol. The molecular formula is C16H20N4O. The molecule has 1 aromatic carbocycles. The van der Waals surface area contributed by atoms with Gasteiger partial charge in [-0.2, -0.15) is 5.10 Å². The molecule has 0 saturated heterocycles. The number of hydrogen-bond acceptors (Lipinski definition) is 3. The Bertz CT molecular complexity index is 653. The summed E-state index contributed by atoms with van der Waals surface area (Å²) in [5.41, 5.74) is 7.52. The number of anilines is 1. The molecule has 3 N–H and O–H groups in total. The number of benzene rings is 1. The zero-order valence-corrected chi connectivity index (χ0v) is 12.3. The quantitative estimate of drug-likeness (QED) is 0.847. The summed E-state index contributed by atoms with van der Waals surface area (Å²) in [6.45, 7) is 4.14. The number of nitrogens with one attached hydrogen (secondary N) is 1. The number of carbonyl (C=O) groups excluding carboxylic acids is 1. The summed E-state index contributed by atoms with van der Waals surface area (Å²) in [7, 11) is 0. The van der Waals surface area contributed by atoms with Gasteiger partial charge in [-0.3, -0.25) is 4.79 Å². The van der Waals surface area contributed by atoms with Crippen molar-refractivity contribution in [1.29, 1.82) is 0 Å². The molecule has 0 aliphatic heterocycles. The Kier molecular flexibility index (Phi) is 3.20. The predicted octanol–water partition coefficient (Wildman–Crippen LogP) is 2.37. The molecule has 2 aromatic rings. The van der Waals surface area contributed by atoms with Crippen molar-refractivity contribution in [2.24, 2.45) is 5.92 Å². The van der Waals surface area contributed by atoms with Crippen LogP contribution in [0.15, 0.2) is 36.5 Å². The van der Waals surface area contributed by atoms with Gasteiger partial charge in [0.15, 0.2) is 5.69 Å². The van der Waals surface area contributed by atoms with E-state index in [1.165, 1.54) is 12.8 Å². The molecule has 110 valence electrons. The van der Waals surface area contributed by atoms with E-state index in [-0.39, 0.29) is 11.4 Å². The fourth-order valence-electron chi connectivity index (χ4n) is 2.48. The minimum atomic E-state index is -0.165. The Labute approximate surface area is 124 Å². The molecule has 3 rings (SSSR count). The molecule has 0 bridgehead atoms. The van der Waals surface area contributed by atoms with Gasteiger partial charge in [-0.05, 0) is 62.9 Å². The van der Waals surface area contributed by atoms with Crippen LogP contribution < -0.4 is 11.1 Å². The van der Waals surface area contributed by atoms with E-state index in [2.05, 4.69) is 24.3 Å². The second-order valence-corrected chi connectivity index (χ2v) is 6.19. The summed E-state index contributed by atoms with van der Waals surface area (Å²) in [6.07, 6.45) is 4.16. The van der Waals surface area contributed by atoms with Gasteiger partial charge in [0.25, 0.3) is 5.91 Å². The Morgan fingerprint density at radius 3 is 2.57 bits per heavy atom. The molecule has 0 radical (unpaired) electrons. The van der Waals surface area contributed by atoms with Crippen molar-refractivity contribution in [3.8, 4) is 5.69 Å². The molecule has 1 aliphatic rings. The van der Waals surface area contributed by atoms with Crippen molar-refractivity contribution in [1.82, 2.24) is 15.1 Å². The first-order chi connectivity index (χ1) is 9.95. The number of aromatic nitrogens is 2. The fourth-order valence-corrected chi connectivity index (χ4v) is 2.48. The number of nitrogens with zero attached hydrogens (tertiary/aromatic N) is 2. The van der Waals surface area contributed by atoms with Gasteiger partial charge in [-0.25, -0.2) is 4.68 Å². The molecule has 0 unspecified atom stereocenters. The van der Waals surface area contributed by atoms with E-state index in [9.17, 15) is 4.79 Å². The molecule has 1 aromatic heterocycles. The van der Waals surface area contributed by atoms with E-state index in [4.69, 9.17) is 5.73 Å². The van der Waals surface area contributed by atoms with Gasteiger partial charge < -0.3 is 11.1 Å². The van der Waals surface area contributed by atoms with Gasteiger partial charge in [-0.1, -0.05) is 0 Å². The van der Waals surface area contributed by atoms with Crippen LogP contribution in [0.4, 0.5) is 5.69 Å². The van der Waals surface area contributed by atoms with Crippen molar-refractivity contribution in [2.75, 3.05) is 5.73 Å². The Morgan fingerprint density at radius 2 is 1.95 bits per heavy atom. The number of hydrogen-bond donors (Lipinski definition) is 2. The van der Waals surface area contributed by atoms with Crippen LogP contribution in [-0.4, -0.2) is 21.2 Å². The minimum absolute atomic E-state index is 0.124. The zero-order chi connectivity index (χ0) is 15.0. The van der Waals surface area contributed by atoms with Crippen molar-refractivity contribution >= 4 is 11.6 Å². The van der Waals surface area contributed by atoms with Gasteiger partial charge >= 0.3 is 0 Å². The molecule has 0 spiro atoms. The lowest BCUT2D eigenvalue weighted by atomic mass is 9.98. The number of rotatable bonds is 4. The molecule has 1 saturated carbocycles. The van der Waals surface area contributed by atoms with Crippen LogP contribution in [0.2, 0.25) is 0 Å². The molecule has 5 heteroatoms. The highest BCUT2D eigenvalue weighted by Gasteiger charge is 2.39. The van der Waals surface area contributed by atoms with Gasteiger partial charge in [-0.15, -0.1) is 0 Å². The van der Waals surface area contributed by atoms with Crippen LogP contribution in [0.25, 0.3) is 5.69 Å². The van der Waals surface area contributed by atoms with E-state index in [1.54, 1.807) is 16.9 Å². The lowest BCUT2D eigenvalue weighted by Crippen LogP contribution is -2.45. The summed E-state index contributed by atoms with van der Waals surface area (Å²) in [5.74, 6) is 0.460. The summed E-state index contributed by atoms with van der Waals surface area (Å²) < 4.78 is 1.68. The average Bonchev–Trinajstić information content (AvgIpc) is 3.18. The van der Waals surface area contributed by atoms with E-state index in [0.29, 0.717) is 17.3 Å². The van der Waals surface area contributed by atoms with E-state index in [0.717, 1.165) is 5.69 Å². The monoisotopic (exact) mass is 284 g/mol. The maximum absolute atomic E-state index is 12.3. The lowest BCUT2D eigenvalue weighted by Gasteiger charge is -2.25. The average molecular weight is 284 g/mol. The second-order valence-electron chi connectivity index (χ2n) is 6.19. The minimum Gasteiger partial charge on any atom is -0.399 e. The maximum Gasteiger partial charge on any atom is 0.272 e. The van der Waals surface area contributed by atoms with E-state index in [1.807, 2.05) is 24.3 Å². The molecule has 1 fully saturated rings. The third-order valence-corrected chi connectivity index (χ3v) is 4.01. The Morgan fingerprint density at radius 1 is 1.29 bits per heavy atom. The topological polar surface area (TPSA) is 72.9 Å². The molecule has 21 heavy (non-hydrogen) atoms. The number of nitrogen functional groups attached to an aromatic ring is 1. The number of carbonyl (C=O) groups is 1. The Hall–Kier alpha value is -2.30. The van der Waals surface area contributed by atoms with Crippen molar-refractivity contribution in [3.63, 3.8) is 0 Å². The summed E-state index contributed by atoms with van der Waals surface area (Å²) >= 11 is 0. The predicted molar refractivity (Wildman–Crippen MR) is 82.2 cm³/mol. The van der Waals surface area contributed by atoms with Crippen LogP contribution in [0.5, 0.6) is 0 Å². The van der Waals surface area contributed by atoms with Gasteiger partial charge in [0.05, 0.1) is 5.69 Å². The van der Waals surface area contributed by atoms with Crippen molar-refractivity contribution in [2.45, 2.75) is 32.2 Å². The summed E-state index contributed by atoms with van der Waals surface area (Å²) in [6, 6.07) is 9.10. The van der Waals surface area contributed by atoms with Crippen LogP contribution in [0.1, 0.15) is 37.2 Å². The first-order valence-electron chi connectivity index (χ1n) is 7.20. The standard InChI is InChI=1S/C16H20N4O/c1-16(2,11-3-4-11)18-15(21)14-9-10-20(19-14)13-7-5-12(17)6-8-13/h5-11H,3-4,17H2,1-2H3,(H,18,21). The van der Waals surface area contributed by atoms with E-state index >= 15 is 0 Å². The maximum atomic E-state index is 12.3. The fraction of sp³-hybridized carbons (Fsp3) is 0.375.